The third-order valence-electron chi connectivity index (χ3n) is 4.02. The van der Waals surface area contributed by atoms with Gasteiger partial charge in [-0.2, -0.15) is 0 Å². The number of hydrogen-bond donors (Lipinski definition) is 2. The number of thiazole rings is 1. The summed E-state index contributed by atoms with van der Waals surface area (Å²) >= 11 is 7.63. The molecule has 2 aromatic rings. The summed E-state index contributed by atoms with van der Waals surface area (Å²) in [6.45, 7) is 3.16. The van der Waals surface area contributed by atoms with Gasteiger partial charge in [0.05, 0.1) is 5.02 Å². The number of rotatable bonds is 2. The average Bonchev–Trinajstić information content (AvgIpc) is 3.05. The number of halogens is 1. The summed E-state index contributed by atoms with van der Waals surface area (Å²) in [5.41, 5.74) is 7.29. The van der Waals surface area contributed by atoms with Gasteiger partial charge in [-0.25, -0.2) is 4.98 Å². The van der Waals surface area contributed by atoms with Gasteiger partial charge in [0.1, 0.15) is 10.7 Å². The zero-order valence-electron chi connectivity index (χ0n) is 13.8. The average molecular weight is 382 g/mol. The Balaban J connectivity index is 0.000000701. The lowest BCUT2D eigenvalue weighted by atomic mass is 9.91. The molecule has 0 saturated carbocycles. The van der Waals surface area contributed by atoms with Gasteiger partial charge in [-0.1, -0.05) is 29.8 Å². The highest BCUT2D eigenvalue weighted by atomic mass is 35.5. The fourth-order valence-corrected chi connectivity index (χ4v) is 3.63. The van der Waals surface area contributed by atoms with Crippen molar-refractivity contribution >= 4 is 35.3 Å². The molecule has 1 fully saturated rings. The van der Waals surface area contributed by atoms with E-state index in [0.717, 1.165) is 23.4 Å². The predicted molar refractivity (Wildman–Crippen MR) is 99.0 cm³/mol. The Morgan fingerprint density at radius 1 is 1.40 bits per heavy atom. The standard InChI is InChI=1S/C16H18ClN3OS.CH2O2/c1-16(18)6-8-20(9-7-16)15(21)13-10-22-14(19-13)11-4-2-3-5-12(11)17;2-1-3/h2-5,10H,6-9,18H2,1H3;1H,(H,2,3). The molecule has 0 spiro atoms. The van der Waals surface area contributed by atoms with E-state index in [1.165, 1.54) is 11.3 Å². The summed E-state index contributed by atoms with van der Waals surface area (Å²) in [4.78, 5) is 27.2. The molecule has 2 heterocycles. The maximum atomic E-state index is 12.5. The lowest BCUT2D eigenvalue weighted by Gasteiger charge is -2.36. The van der Waals surface area contributed by atoms with Gasteiger partial charge in [0.2, 0.25) is 0 Å². The minimum Gasteiger partial charge on any atom is -0.483 e. The second-order valence-electron chi connectivity index (χ2n) is 6.07. The number of amides is 1. The first-order chi connectivity index (χ1) is 11.9. The van der Waals surface area contributed by atoms with Gasteiger partial charge in [0.15, 0.2) is 0 Å². The first-order valence-electron chi connectivity index (χ1n) is 7.74. The summed E-state index contributed by atoms with van der Waals surface area (Å²) in [6.07, 6.45) is 1.64. The number of piperidine rings is 1. The van der Waals surface area contributed by atoms with Crippen molar-refractivity contribution < 1.29 is 14.7 Å². The fraction of sp³-hybridized carbons (Fsp3) is 0.353. The van der Waals surface area contributed by atoms with Crippen molar-refractivity contribution in [2.75, 3.05) is 13.1 Å². The van der Waals surface area contributed by atoms with Crippen molar-refractivity contribution in [3.63, 3.8) is 0 Å². The van der Waals surface area contributed by atoms with E-state index in [2.05, 4.69) is 4.98 Å². The molecule has 3 N–H and O–H groups in total. The third-order valence-corrected chi connectivity index (χ3v) is 5.23. The van der Waals surface area contributed by atoms with Gasteiger partial charge in [-0.05, 0) is 25.8 Å². The molecular weight excluding hydrogens is 362 g/mol. The summed E-state index contributed by atoms with van der Waals surface area (Å²) in [5, 5.41) is 10.1. The summed E-state index contributed by atoms with van der Waals surface area (Å²) in [5.74, 6) is -0.0231. The topological polar surface area (TPSA) is 96.5 Å². The Kier molecular flexibility index (Phi) is 6.52. The normalized spacial score (nSPS) is 15.9. The lowest BCUT2D eigenvalue weighted by molar-refractivity contribution is -0.122. The Bertz CT molecular complexity index is 738. The van der Waals surface area contributed by atoms with E-state index in [9.17, 15) is 4.79 Å². The lowest BCUT2D eigenvalue weighted by Crippen LogP contribution is -2.49. The van der Waals surface area contributed by atoms with Crippen LogP contribution in [-0.2, 0) is 4.79 Å². The number of carboxylic acid groups (broad SMARTS) is 1. The van der Waals surface area contributed by atoms with Crippen LogP contribution in [0.4, 0.5) is 0 Å². The van der Waals surface area contributed by atoms with E-state index < -0.39 is 0 Å². The number of nitrogens with zero attached hydrogens (tertiary/aromatic N) is 2. The van der Waals surface area contributed by atoms with Crippen molar-refractivity contribution in [3.8, 4) is 10.6 Å². The second-order valence-corrected chi connectivity index (χ2v) is 7.33. The molecule has 25 heavy (non-hydrogen) atoms. The van der Waals surface area contributed by atoms with E-state index >= 15 is 0 Å². The van der Waals surface area contributed by atoms with Gasteiger partial charge in [-0.3, -0.25) is 9.59 Å². The molecule has 8 heteroatoms. The Hall–Kier alpha value is -1.96. The van der Waals surface area contributed by atoms with Crippen LogP contribution in [0.1, 0.15) is 30.3 Å². The SMILES string of the molecule is CC1(N)CCN(C(=O)c2csc(-c3ccccc3Cl)n2)CC1.O=CO. The van der Waals surface area contributed by atoms with Crippen LogP contribution in [0, 0.1) is 0 Å². The zero-order chi connectivity index (χ0) is 18.4. The number of carbonyl (C=O) groups excluding carboxylic acids is 1. The maximum absolute atomic E-state index is 12.5. The first kappa shape index (κ1) is 19.4. The summed E-state index contributed by atoms with van der Waals surface area (Å²) in [6, 6.07) is 7.53. The Labute approximate surface area is 155 Å². The maximum Gasteiger partial charge on any atom is 0.290 e. The van der Waals surface area contributed by atoms with Crippen molar-refractivity contribution in [1.82, 2.24) is 9.88 Å². The highest BCUT2D eigenvalue weighted by Gasteiger charge is 2.29. The quantitative estimate of drug-likeness (QED) is 0.779. The number of hydrogen-bond acceptors (Lipinski definition) is 5. The van der Waals surface area contributed by atoms with Gasteiger partial charge in [-0.15, -0.1) is 11.3 Å². The fourth-order valence-electron chi connectivity index (χ4n) is 2.51. The first-order valence-corrected chi connectivity index (χ1v) is 9.00. The van der Waals surface area contributed by atoms with Gasteiger partial charge in [0.25, 0.3) is 12.4 Å². The predicted octanol–water partition coefficient (Wildman–Crippen LogP) is 3.12. The van der Waals surface area contributed by atoms with E-state index in [0.29, 0.717) is 23.8 Å². The molecule has 1 aliphatic heterocycles. The smallest absolute Gasteiger partial charge is 0.290 e. The number of aromatic nitrogens is 1. The van der Waals surface area contributed by atoms with Gasteiger partial charge in [0, 0.05) is 29.6 Å². The third kappa shape index (κ3) is 5.01. The molecule has 1 amide bonds. The molecule has 0 aliphatic carbocycles. The molecule has 6 nitrogen and oxygen atoms in total. The molecule has 0 atom stereocenters. The Morgan fingerprint density at radius 3 is 2.60 bits per heavy atom. The minimum atomic E-state index is -0.250. The zero-order valence-corrected chi connectivity index (χ0v) is 15.4. The molecule has 0 radical (unpaired) electrons. The van der Waals surface area contributed by atoms with Crippen LogP contribution < -0.4 is 5.73 Å². The number of benzene rings is 1. The molecule has 1 saturated heterocycles. The van der Waals surface area contributed by atoms with Crippen LogP contribution >= 0.6 is 22.9 Å². The van der Waals surface area contributed by atoms with Gasteiger partial charge < -0.3 is 15.7 Å². The molecule has 134 valence electrons. The Morgan fingerprint density at radius 2 is 2.00 bits per heavy atom. The molecule has 1 aromatic heterocycles. The van der Waals surface area contributed by atoms with Gasteiger partial charge >= 0.3 is 0 Å². The molecule has 0 bridgehead atoms. The van der Waals surface area contributed by atoms with E-state index in [1.807, 2.05) is 36.1 Å². The van der Waals surface area contributed by atoms with Crippen molar-refractivity contribution in [2.24, 2.45) is 5.73 Å². The number of likely N-dealkylation sites (tertiary alicyclic amines) is 1. The molecule has 1 aliphatic rings. The highest BCUT2D eigenvalue weighted by molar-refractivity contribution is 7.13. The monoisotopic (exact) mass is 381 g/mol. The van der Waals surface area contributed by atoms with Crippen molar-refractivity contribution in [1.29, 1.82) is 0 Å². The van der Waals surface area contributed by atoms with E-state index in [4.69, 9.17) is 27.2 Å². The van der Waals surface area contributed by atoms with E-state index in [1.54, 1.807) is 5.38 Å². The summed E-state index contributed by atoms with van der Waals surface area (Å²) in [7, 11) is 0. The highest BCUT2D eigenvalue weighted by Crippen LogP contribution is 2.30. The van der Waals surface area contributed by atoms with Crippen LogP contribution in [0.25, 0.3) is 10.6 Å². The van der Waals surface area contributed by atoms with Crippen LogP contribution in [0.5, 0.6) is 0 Å². The molecular formula is C17H20ClN3O3S. The number of nitrogens with two attached hydrogens (primary N) is 1. The molecule has 1 aromatic carbocycles. The molecule has 3 rings (SSSR count). The van der Waals surface area contributed by atoms with Crippen LogP contribution in [-0.4, -0.2) is 46.0 Å². The number of carbonyl (C=O) groups is 2. The summed E-state index contributed by atoms with van der Waals surface area (Å²) < 4.78 is 0. The van der Waals surface area contributed by atoms with Crippen molar-refractivity contribution in [2.45, 2.75) is 25.3 Å². The largest absolute Gasteiger partial charge is 0.483 e. The van der Waals surface area contributed by atoms with Crippen molar-refractivity contribution in [3.05, 3.63) is 40.4 Å². The van der Waals surface area contributed by atoms with E-state index in [-0.39, 0.29) is 17.9 Å². The minimum absolute atomic E-state index is 0.0231. The van der Waals surface area contributed by atoms with Crippen LogP contribution in [0.2, 0.25) is 5.02 Å². The van der Waals surface area contributed by atoms with Crippen LogP contribution in [0.3, 0.4) is 0 Å². The van der Waals surface area contributed by atoms with Crippen LogP contribution in [0.15, 0.2) is 29.6 Å². The second kappa shape index (κ2) is 8.42. The molecule has 0 unspecified atom stereocenters.